The summed E-state index contributed by atoms with van der Waals surface area (Å²) in [5, 5.41) is 9.61. The lowest BCUT2D eigenvalue weighted by Crippen LogP contribution is -2.38. The zero-order chi connectivity index (χ0) is 25.7. The van der Waals surface area contributed by atoms with Gasteiger partial charge in [0.25, 0.3) is 0 Å². The Kier molecular flexibility index (Phi) is 7.77. The van der Waals surface area contributed by atoms with Gasteiger partial charge in [-0.1, -0.05) is 32.0 Å². The number of ether oxygens (including phenoxy) is 2. The number of carbonyl (C=O) groups is 1. The second kappa shape index (κ2) is 11.0. The third-order valence-electron chi connectivity index (χ3n) is 6.72. The predicted octanol–water partition coefficient (Wildman–Crippen LogP) is 5.55. The van der Waals surface area contributed by atoms with Crippen LogP contribution in [0, 0.1) is 12.3 Å². The Morgan fingerprint density at radius 3 is 2.44 bits per heavy atom. The molecular formula is C29H35N3O4. The number of carboxylic acids is 1. The van der Waals surface area contributed by atoms with Crippen molar-refractivity contribution < 1.29 is 19.4 Å². The van der Waals surface area contributed by atoms with Gasteiger partial charge in [-0.15, -0.1) is 0 Å². The molecule has 0 bridgehead atoms. The molecule has 36 heavy (non-hydrogen) atoms. The summed E-state index contributed by atoms with van der Waals surface area (Å²) in [6.07, 6.45) is 5.51. The maximum Gasteiger partial charge on any atom is 0.307 e. The van der Waals surface area contributed by atoms with Crippen molar-refractivity contribution in [3.63, 3.8) is 0 Å². The largest absolute Gasteiger partial charge is 0.487 e. The van der Waals surface area contributed by atoms with Crippen molar-refractivity contribution in [3.8, 4) is 22.8 Å². The average molecular weight is 490 g/mol. The molecule has 3 heterocycles. The highest BCUT2D eigenvalue weighted by atomic mass is 16.5. The van der Waals surface area contributed by atoms with Crippen molar-refractivity contribution in [3.05, 3.63) is 66.1 Å². The molecule has 1 saturated heterocycles. The molecule has 1 N–H and O–H groups in total. The maximum atomic E-state index is 11.7. The minimum Gasteiger partial charge on any atom is -0.487 e. The molecule has 1 fully saturated rings. The second-order valence-corrected chi connectivity index (χ2v) is 10.2. The lowest BCUT2D eigenvalue weighted by molar-refractivity contribution is -0.136. The van der Waals surface area contributed by atoms with Crippen LogP contribution in [0.3, 0.4) is 0 Å². The first kappa shape index (κ1) is 25.5. The molecule has 0 spiro atoms. The van der Waals surface area contributed by atoms with Gasteiger partial charge in [-0.25, -0.2) is 4.98 Å². The zero-order valence-electron chi connectivity index (χ0n) is 21.5. The highest BCUT2D eigenvalue weighted by molar-refractivity contribution is 5.84. The van der Waals surface area contributed by atoms with E-state index in [9.17, 15) is 9.90 Å². The van der Waals surface area contributed by atoms with Crippen LogP contribution < -0.4 is 14.4 Å². The third-order valence-corrected chi connectivity index (χ3v) is 6.72. The average Bonchev–Trinajstić information content (AvgIpc) is 2.85. The molecule has 0 amide bonds. The number of hydrogen-bond donors (Lipinski definition) is 1. The summed E-state index contributed by atoms with van der Waals surface area (Å²) in [6, 6.07) is 13.4. The van der Waals surface area contributed by atoms with Gasteiger partial charge in [0.2, 0.25) is 5.88 Å². The van der Waals surface area contributed by atoms with Gasteiger partial charge in [-0.05, 0) is 50.3 Å². The predicted molar refractivity (Wildman–Crippen MR) is 141 cm³/mol. The van der Waals surface area contributed by atoms with Crippen LogP contribution >= 0.6 is 0 Å². The number of benzene rings is 1. The first-order valence-corrected chi connectivity index (χ1v) is 12.5. The Bertz CT molecular complexity index is 1170. The summed E-state index contributed by atoms with van der Waals surface area (Å²) in [7, 11) is 0. The monoisotopic (exact) mass is 489 g/mol. The lowest BCUT2D eigenvalue weighted by atomic mass is 9.82. The fourth-order valence-electron chi connectivity index (χ4n) is 4.50. The first-order valence-electron chi connectivity index (χ1n) is 12.5. The molecular weight excluding hydrogens is 454 g/mol. The van der Waals surface area contributed by atoms with Gasteiger partial charge >= 0.3 is 5.97 Å². The number of para-hydroxylation sites is 1. The fraction of sp³-hybridized carbons (Fsp3) is 0.414. The standard InChI is InChI=1S/C29H35N3O4/c1-20(36-23-8-6-5-7-9-23)19-35-26-11-10-22(17-31-26)25-18-30-21(2)24(16-27(33)34)28(25)32-14-12-29(3,4)13-15-32/h5-11,17-18,20H,12-16,19H2,1-4H3,(H,33,34). The van der Waals surface area contributed by atoms with E-state index in [4.69, 9.17) is 9.47 Å². The molecule has 2 aromatic heterocycles. The number of aryl methyl sites for hydroxylation is 1. The number of piperidine rings is 1. The van der Waals surface area contributed by atoms with Gasteiger partial charge in [0.1, 0.15) is 18.5 Å². The molecule has 1 aromatic carbocycles. The van der Waals surface area contributed by atoms with Gasteiger partial charge in [0.05, 0.1) is 12.1 Å². The molecule has 7 heteroatoms. The summed E-state index contributed by atoms with van der Waals surface area (Å²) in [4.78, 5) is 23.1. The van der Waals surface area contributed by atoms with E-state index in [0.717, 1.165) is 59.8 Å². The minimum absolute atomic E-state index is 0.0597. The van der Waals surface area contributed by atoms with E-state index < -0.39 is 5.97 Å². The van der Waals surface area contributed by atoms with E-state index in [0.29, 0.717) is 12.5 Å². The molecule has 1 atom stereocenters. The molecule has 7 nitrogen and oxygen atoms in total. The summed E-state index contributed by atoms with van der Waals surface area (Å²) in [6.45, 7) is 10.5. The fourth-order valence-corrected chi connectivity index (χ4v) is 4.50. The van der Waals surface area contributed by atoms with Crippen LogP contribution in [0.2, 0.25) is 0 Å². The highest BCUT2D eigenvalue weighted by Crippen LogP contribution is 2.39. The Morgan fingerprint density at radius 1 is 1.08 bits per heavy atom. The van der Waals surface area contributed by atoms with Gasteiger partial charge in [0, 0.05) is 53.9 Å². The Balaban J connectivity index is 1.54. The summed E-state index contributed by atoms with van der Waals surface area (Å²) in [5.41, 5.74) is 4.55. The molecule has 1 aliphatic rings. The van der Waals surface area contributed by atoms with Gasteiger partial charge in [-0.3, -0.25) is 9.78 Å². The second-order valence-electron chi connectivity index (χ2n) is 10.2. The number of hydrogen-bond acceptors (Lipinski definition) is 6. The molecule has 3 aromatic rings. The quantitative estimate of drug-likeness (QED) is 0.422. The summed E-state index contributed by atoms with van der Waals surface area (Å²) in [5.74, 6) is 0.452. The van der Waals surface area contributed by atoms with E-state index >= 15 is 0 Å². The number of rotatable bonds is 9. The van der Waals surface area contributed by atoms with E-state index in [1.165, 1.54) is 0 Å². The van der Waals surface area contributed by atoms with E-state index in [1.54, 1.807) is 6.20 Å². The Hall–Kier alpha value is -3.61. The number of carboxylic acid groups (broad SMARTS) is 1. The van der Waals surface area contributed by atoms with Crippen molar-refractivity contribution in [1.29, 1.82) is 0 Å². The molecule has 0 saturated carbocycles. The van der Waals surface area contributed by atoms with E-state index in [-0.39, 0.29) is 17.9 Å². The number of pyridine rings is 2. The normalized spacial score (nSPS) is 15.8. The maximum absolute atomic E-state index is 11.7. The van der Waals surface area contributed by atoms with Crippen LogP contribution in [0.1, 0.15) is 44.9 Å². The van der Waals surface area contributed by atoms with Crippen molar-refractivity contribution in [2.45, 2.75) is 53.1 Å². The van der Waals surface area contributed by atoms with Crippen LogP contribution in [0.4, 0.5) is 5.69 Å². The van der Waals surface area contributed by atoms with Crippen LogP contribution in [-0.4, -0.2) is 46.8 Å². The number of aromatic nitrogens is 2. The molecule has 4 rings (SSSR count). The smallest absolute Gasteiger partial charge is 0.307 e. The van der Waals surface area contributed by atoms with Crippen LogP contribution in [0.5, 0.6) is 11.6 Å². The third kappa shape index (κ3) is 6.33. The number of aliphatic carboxylic acids is 1. The highest BCUT2D eigenvalue weighted by Gasteiger charge is 2.29. The summed E-state index contributed by atoms with van der Waals surface area (Å²) >= 11 is 0. The molecule has 1 aliphatic heterocycles. The van der Waals surface area contributed by atoms with Crippen LogP contribution in [0.15, 0.2) is 54.9 Å². The molecule has 0 radical (unpaired) electrons. The van der Waals surface area contributed by atoms with Crippen molar-refractivity contribution in [2.75, 3.05) is 24.6 Å². The van der Waals surface area contributed by atoms with Crippen molar-refractivity contribution in [1.82, 2.24) is 9.97 Å². The van der Waals surface area contributed by atoms with Crippen molar-refractivity contribution >= 4 is 11.7 Å². The number of anilines is 1. The van der Waals surface area contributed by atoms with Crippen LogP contribution in [0.25, 0.3) is 11.1 Å². The van der Waals surface area contributed by atoms with Gasteiger partial charge in [0.15, 0.2) is 0 Å². The topological polar surface area (TPSA) is 84.8 Å². The Labute approximate surface area is 213 Å². The molecule has 0 aliphatic carbocycles. The van der Waals surface area contributed by atoms with E-state index in [1.807, 2.05) is 62.5 Å². The van der Waals surface area contributed by atoms with E-state index in [2.05, 4.69) is 28.7 Å². The van der Waals surface area contributed by atoms with Crippen molar-refractivity contribution in [2.24, 2.45) is 5.41 Å². The SMILES string of the molecule is Cc1ncc(-c2ccc(OCC(C)Oc3ccccc3)nc2)c(N2CCC(C)(C)CC2)c1CC(=O)O. The summed E-state index contributed by atoms with van der Waals surface area (Å²) < 4.78 is 11.7. The minimum atomic E-state index is -0.857. The Morgan fingerprint density at radius 2 is 1.81 bits per heavy atom. The lowest BCUT2D eigenvalue weighted by Gasteiger charge is -2.40. The van der Waals surface area contributed by atoms with Crippen LogP contribution in [-0.2, 0) is 11.2 Å². The first-order chi connectivity index (χ1) is 17.2. The molecule has 1 unspecified atom stereocenters. The molecule has 190 valence electrons. The van der Waals surface area contributed by atoms with Gasteiger partial charge < -0.3 is 19.5 Å². The number of nitrogens with zero attached hydrogens (tertiary/aromatic N) is 3. The zero-order valence-corrected chi connectivity index (χ0v) is 21.5. The van der Waals surface area contributed by atoms with Gasteiger partial charge in [-0.2, -0.15) is 0 Å².